The Morgan fingerprint density at radius 2 is 1.78 bits per heavy atom. The molecule has 1 aromatic heterocycles. The van der Waals surface area contributed by atoms with E-state index in [1.165, 1.54) is 38.5 Å². The van der Waals surface area contributed by atoms with E-state index in [1.807, 2.05) is 38.5 Å². The number of halogens is 1. The molecule has 1 spiro atoms. The summed E-state index contributed by atoms with van der Waals surface area (Å²) < 4.78 is 0. The Morgan fingerprint density at radius 1 is 1.12 bits per heavy atom. The van der Waals surface area contributed by atoms with Crippen molar-refractivity contribution in [2.75, 3.05) is 0 Å². The number of nitrogens with zero attached hydrogens (tertiary/aromatic N) is 3. The van der Waals surface area contributed by atoms with Crippen LogP contribution in [0.1, 0.15) is 77.5 Å². The molecule has 5 rings (SSSR count). The fourth-order valence-corrected chi connectivity index (χ4v) is 6.05. The SMILES string of the molecule is C[CH-]C.O=C1N(Cc2nc3ccc(Cl)cc3[n-]2)C2CCCCC2C12CCCCC2.[U].[U].[Y]. The standard InChI is InChI=1S/C21H25ClN3O.C3H7.2U.Y/c22-14-8-9-16-17(12-14)24-19(23-16)13-25-18-7-3-2-6-15(18)21(20(25)26)10-4-1-5-11-21;1-3-2;;;/h8-9,12,15,18H,1-7,10-11,13H2;3H,1-2H3;;;/q2*-1;;;. The van der Waals surface area contributed by atoms with E-state index in [0.29, 0.717) is 29.4 Å². The minimum Gasteiger partial charge on any atom is -0.438 e. The summed E-state index contributed by atoms with van der Waals surface area (Å²) in [6.07, 6.45) is 12.7. The molecule has 2 atom stereocenters. The predicted molar refractivity (Wildman–Crippen MR) is 118 cm³/mol. The number of likely N-dealkylation sites (tertiary alicyclic amines) is 1. The summed E-state index contributed by atoms with van der Waals surface area (Å²) in [6.45, 7) is 4.55. The third-order valence-corrected chi connectivity index (χ3v) is 7.26. The van der Waals surface area contributed by atoms with Crippen molar-refractivity contribution >= 4 is 28.5 Å². The zero-order chi connectivity index (χ0) is 20.4. The Balaban J connectivity index is 0.000000811. The van der Waals surface area contributed by atoms with Crippen LogP contribution >= 0.6 is 11.6 Å². The Labute approximate surface area is 270 Å². The van der Waals surface area contributed by atoms with Gasteiger partial charge in [0.25, 0.3) is 0 Å². The number of aromatic nitrogens is 2. The van der Waals surface area contributed by atoms with Gasteiger partial charge in [0.05, 0.1) is 5.41 Å². The average Bonchev–Trinajstić information content (AvgIpc) is 3.22. The average molecular weight is 979 g/mol. The second-order valence-corrected chi connectivity index (χ2v) is 9.39. The van der Waals surface area contributed by atoms with Crippen LogP contribution in [-0.4, -0.2) is 21.8 Å². The number of rotatable bonds is 2. The largest absolute Gasteiger partial charge is 0.438 e. The zero-order valence-electron chi connectivity index (χ0n) is 19.2. The van der Waals surface area contributed by atoms with Crippen molar-refractivity contribution in [2.24, 2.45) is 11.3 Å². The monoisotopic (exact) mass is 978 g/mol. The number of amides is 1. The van der Waals surface area contributed by atoms with Crippen molar-refractivity contribution in [1.82, 2.24) is 14.9 Å². The van der Waals surface area contributed by atoms with Gasteiger partial charge in [-0.05, 0) is 54.8 Å². The first-order valence-corrected chi connectivity index (χ1v) is 11.6. The van der Waals surface area contributed by atoms with Gasteiger partial charge < -0.3 is 21.3 Å². The van der Waals surface area contributed by atoms with Gasteiger partial charge >= 0.3 is 0 Å². The zero-order valence-corrected chi connectivity index (χ0v) is 31.2. The van der Waals surface area contributed by atoms with Crippen LogP contribution in [0.4, 0.5) is 0 Å². The van der Waals surface area contributed by atoms with Gasteiger partial charge in [0.15, 0.2) is 0 Å². The van der Waals surface area contributed by atoms with Crippen molar-refractivity contribution < 1.29 is 99.7 Å². The molecule has 4 nitrogen and oxygen atoms in total. The van der Waals surface area contributed by atoms with Crippen LogP contribution in [0.25, 0.3) is 11.0 Å². The van der Waals surface area contributed by atoms with E-state index in [9.17, 15) is 4.79 Å². The summed E-state index contributed by atoms with van der Waals surface area (Å²) in [4.78, 5) is 25.0. The van der Waals surface area contributed by atoms with Crippen LogP contribution in [0.2, 0.25) is 5.02 Å². The first kappa shape index (κ1) is 31.7. The molecule has 0 bridgehead atoms. The van der Waals surface area contributed by atoms with Gasteiger partial charge in [-0.3, -0.25) is 4.79 Å². The molecule has 1 aliphatic heterocycles. The minimum atomic E-state index is -0.0847. The molecule has 169 valence electrons. The van der Waals surface area contributed by atoms with Gasteiger partial charge in [-0.2, -0.15) is 13.8 Å². The second-order valence-electron chi connectivity index (χ2n) is 8.96. The Morgan fingerprint density at radius 3 is 2.47 bits per heavy atom. The molecule has 2 heterocycles. The molecular formula is C24H32ClN3OU2Y-2. The molecular weight excluding hydrogens is 947 g/mol. The van der Waals surface area contributed by atoms with Gasteiger partial charge in [-0.15, -0.1) is 0 Å². The van der Waals surface area contributed by atoms with Crippen LogP contribution in [0.15, 0.2) is 18.2 Å². The van der Waals surface area contributed by atoms with E-state index in [0.717, 1.165) is 36.1 Å². The molecule has 1 amide bonds. The fraction of sp³-hybridized carbons (Fsp3) is 0.625. The van der Waals surface area contributed by atoms with Crippen molar-refractivity contribution in [2.45, 2.75) is 84.2 Å². The molecule has 3 aliphatic rings. The first-order valence-electron chi connectivity index (χ1n) is 11.2. The van der Waals surface area contributed by atoms with Gasteiger partial charge in [0.1, 0.15) is 0 Å². The Hall–Kier alpha value is 1.66. The van der Waals surface area contributed by atoms with Gasteiger partial charge in [-0.1, -0.05) is 55.6 Å². The quantitative estimate of drug-likeness (QED) is 0.352. The fourth-order valence-electron chi connectivity index (χ4n) is 5.89. The molecule has 2 aliphatic carbocycles. The number of carbonyl (C=O) groups is 1. The molecule has 8 heteroatoms. The number of carbonyl (C=O) groups excluding carboxylic acids is 1. The smallest absolute Gasteiger partial charge is 0.229 e. The Bertz CT molecular complexity index is 872. The Kier molecular flexibility index (Phi) is 14.3. The van der Waals surface area contributed by atoms with E-state index < -0.39 is 0 Å². The van der Waals surface area contributed by atoms with Gasteiger partial charge in [0, 0.05) is 113 Å². The minimum absolute atomic E-state index is 0. The normalized spacial score (nSPS) is 23.3. The molecule has 1 radical (unpaired) electrons. The topological polar surface area (TPSA) is 47.3 Å². The number of hydrogen-bond acceptors (Lipinski definition) is 2. The molecule has 1 aromatic carbocycles. The molecule has 1 saturated heterocycles. The molecule has 2 saturated carbocycles. The summed E-state index contributed by atoms with van der Waals surface area (Å²) in [5.41, 5.74) is 1.61. The maximum Gasteiger partial charge on any atom is 0.229 e. The molecule has 2 unspecified atom stereocenters. The third kappa shape index (κ3) is 6.50. The van der Waals surface area contributed by atoms with E-state index in [4.69, 9.17) is 11.6 Å². The maximum atomic E-state index is 13.6. The van der Waals surface area contributed by atoms with Crippen LogP contribution in [0, 0.1) is 80.0 Å². The molecule has 32 heavy (non-hydrogen) atoms. The second kappa shape index (κ2) is 14.4. The summed E-state index contributed by atoms with van der Waals surface area (Å²) in [5.74, 6) is 1.69. The van der Waals surface area contributed by atoms with Crippen molar-refractivity contribution in [3.05, 3.63) is 35.5 Å². The van der Waals surface area contributed by atoms with Crippen molar-refractivity contribution in [3.63, 3.8) is 0 Å². The van der Waals surface area contributed by atoms with Crippen molar-refractivity contribution in [3.8, 4) is 0 Å². The van der Waals surface area contributed by atoms with Gasteiger partial charge in [0.2, 0.25) is 5.91 Å². The van der Waals surface area contributed by atoms with Crippen LogP contribution in [0.5, 0.6) is 0 Å². The number of imidazole rings is 1. The van der Waals surface area contributed by atoms with Gasteiger partial charge in [-0.25, -0.2) is 0 Å². The maximum absolute atomic E-state index is 13.6. The van der Waals surface area contributed by atoms with E-state index in [1.54, 1.807) is 0 Å². The first-order chi connectivity index (χ1) is 14.1. The van der Waals surface area contributed by atoms with E-state index in [-0.39, 0.29) is 100 Å². The van der Waals surface area contributed by atoms with Crippen LogP contribution in [-0.2, 0) is 44.0 Å². The third-order valence-electron chi connectivity index (χ3n) is 7.02. The molecule has 3 fully saturated rings. The summed E-state index contributed by atoms with van der Waals surface area (Å²) in [5, 5.41) is 0.676. The number of hydrogen-bond donors (Lipinski definition) is 0. The number of fused-ring (bicyclic) bond motifs is 3. The molecule has 0 N–H and O–H groups in total. The summed E-state index contributed by atoms with van der Waals surface area (Å²) >= 11 is 6.08. The van der Waals surface area contributed by atoms with E-state index in [2.05, 4.69) is 14.9 Å². The predicted octanol–water partition coefficient (Wildman–Crippen LogP) is 5.92. The summed E-state index contributed by atoms with van der Waals surface area (Å²) in [6, 6.07) is 5.99. The van der Waals surface area contributed by atoms with Crippen LogP contribution in [0.3, 0.4) is 0 Å². The van der Waals surface area contributed by atoms with Crippen LogP contribution < -0.4 is 4.98 Å². The number of benzene rings is 1. The van der Waals surface area contributed by atoms with E-state index >= 15 is 0 Å². The van der Waals surface area contributed by atoms with Crippen molar-refractivity contribution in [1.29, 1.82) is 0 Å². The molecule has 2 aromatic rings. The summed E-state index contributed by atoms with van der Waals surface area (Å²) in [7, 11) is 0.